The molecular formula is C31H34N3O6S-. The fourth-order valence-corrected chi connectivity index (χ4v) is 6.99. The van der Waals surface area contributed by atoms with Crippen LogP contribution in [0, 0.1) is 0 Å². The minimum atomic E-state index is -2.73. The summed E-state index contributed by atoms with van der Waals surface area (Å²) in [6.07, 6.45) is 8.27. The number of carbonyl (C=O) groups is 2. The molecule has 216 valence electrons. The maximum atomic E-state index is 13.9. The van der Waals surface area contributed by atoms with Crippen LogP contribution >= 0.6 is 0 Å². The molecule has 3 aromatic rings. The summed E-state index contributed by atoms with van der Waals surface area (Å²) in [6, 6.07) is 11.3. The standard InChI is InChI=1S/C31H35N3O6S/c1-40-24-8-10-25-21(16-24)15-22(31(37)33-13-11-23(35)12-14-33)18-34-27-17-20(30(36)32-41(38)39)7-9-26(27)28(29(25)34)19-5-3-2-4-6-19/h7-10,15-17,19,23,35H,2-6,11-14,18H2,1H3,(H,32,36)(H,38,39)/p-1. The molecular weight excluding hydrogens is 542 g/mol. The number of ether oxygens (including phenoxy) is 1. The van der Waals surface area contributed by atoms with Gasteiger partial charge in [-0.2, -0.15) is 0 Å². The van der Waals surface area contributed by atoms with Crippen molar-refractivity contribution in [3.8, 4) is 17.0 Å². The first-order chi connectivity index (χ1) is 19.8. The number of aliphatic hydroxyl groups is 1. The van der Waals surface area contributed by atoms with Crippen molar-refractivity contribution in [1.82, 2.24) is 14.2 Å². The molecule has 1 saturated carbocycles. The number of likely N-dealkylation sites (tertiary alicyclic amines) is 1. The first-order valence-corrected chi connectivity index (χ1v) is 15.3. The fraction of sp³-hybridized carbons (Fsp3) is 0.419. The zero-order valence-electron chi connectivity index (χ0n) is 23.1. The highest BCUT2D eigenvalue weighted by atomic mass is 32.2. The molecule has 3 aliphatic rings. The monoisotopic (exact) mass is 576 g/mol. The Kier molecular flexibility index (Phi) is 7.72. The van der Waals surface area contributed by atoms with Crippen molar-refractivity contribution >= 4 is 40.1 Å². The summed E-state index contributed by atoms with van der Waals surface area (Å²) in [7, 11) is 1.62. The van der Waals surface area contributed by atoms with E-state index < -0.39 is 23.3 Å². The number of aliphatic hydroxyl groups excluding tert-OH is 1. The SMILES string of the molecule is COc1ccc2c(c1)C=C(C(=O)N1CCC(O)CC1)Cn1c-2c(C2CCCCC2)c2ccc(C(=O)NS(=O)[O-])cc21. The van der Waals surface area contributed by atoms with Crippen LogP contribution in [-0.2, 0) is 22.6 Å². The molecule has 2 aliphatic heterocycles. The third-order valence-electron chi connectivity index (χ3n) is 8.75. The molecule has 1 aliphatic carbocycles. The average molecular weight is 577 g/mol. The summed E-state index contributed by atoms with van der Waals surface area (Å²) < 4.78 is 32.0. The minimum absolute atomic E-state index is 0.0739. The van der Waals surface area contributed by atoms with Gasteiger partial charge in [0.2, 0.25) is 0 Å². The van der Waals surface area contributed by atoms with Gasteiger partial charge in [0, 0.05) is 52.0 Å². The van der Waals surface area contributed by atoms with E-state index in [1.165, 1.54) is 12.0 Å². The lowest BCUT2D eigenvalue weighted by Crippen LogP contribution is -2.41. The van der Waals surface area contributed by atoms with Crippen molar-refractivity contribution in [1.29, 1.82) is 0 Å². The quantitative estimate of drug-likeness (QED) is 0.438. The van der Waals surface area contributed by atoms with Gasteiger partial charge in [0.15, 0.2) is 0 Å². The Hall–Kier alpha value is -3.47. The number of nitrogens with zero attached hydrogens (tertiary/aromatic N) is 2. The molecule has 2 fully saturated rings. The summed E-state index contributed by atoms with van der Waals surface area (Å²) in [5, 5.41) is 11.0. The molecule has 41 heavy (non-hydrogen) atoms. The highest BCUT2D eigenvalue weighted by molar-refractivity contribution is 7.77. The molecule has 2 aromatic carbocycles. The second-order valence-electron chi connectivity index (χ2n) is 11.2. The van der Waals surface area contributed by atoms with Gasteiger partial charge in [-0.15, -0.1) is 0 Å². The van der Waals surface area contributed by atoms with E-state index in [1.807, 2.05) is 35.1 Å². The first-order valence-electron chi connectivity index (χ1n) is 14.3. The molecule has 3 heterocycles. The van der Waals surface area contributed by atoms with Gasteiger partial charge in [0.25, 0.3) is 11.8 Å². The second kappa shape index (κ2) is 11.4. The summed E-state index contributed by atoms with van der Waals surface area (Å²) in [5.41, 5.74) is 5.77. The maximum Gasteiger partial charge on any atom is 0.262 e. The fourth-order valence-electron chi connectivity index (χ4n) is 6.72. The van der Waals surface area contributed by atoms with Crippen molar-refractivity contribution in [3.05, 3.63) is 58.7 Å². The van der Waals surface area contributed by atoms with Crippen LogP contribution in [0.3, 0.4) is 0 Å². The van der Waals surface area contributed by atoms with Crippen LogP contribution in [0.1, 0.15) is 72.3 Å². The summed E-state index contributed by atoms with van der Waals surface area (Å²) in [6.45, 7) is 1.28. The van der Waals surface area contributed by atoms with Crippen molar-refractivity contribution < 1.29 is 28.2 Å². The third kappa shape index (κ3) is 5.31. The van der Waals surface area contributed by atoms with Crippen molar-refractivity contribution in [2.75, 3.05) is 20.2 Å². The number of nitrogens with one attached hydrogen (secondary N) is 1. The van der Waals surface area contributed by atoms with E-state index in [9.17, 15) is 23.5 Å². The molecule has 10 heteroatoms. The van der Waals surface area contributed by atoms with E-state index >= 15 is 0 Å². The molecule has 0 bridgehead atoms. The van der Waals surface area contributed by atoms with Gasteiger partial charge in [-0.25, -0.2) is 0 Å². The summed E-state index contributed by atoms with van der Waals surface area (Å²) >= 11 is -2.73. The zero-order chi connectivity index (χ0) is 28.7. The van der Waals surface area contributed by atoms with Crippen LogP contribution in [0.15, 0.2) is 42.0 Å². The van der Waals surface area contributed by atoms with Crippen LogP contribution in [0.2, 0.25) is 0 Å². The predicted octanol–water partition coefficient (Wildman–Crippen LogP) is 4.27. The Balaban J connectivity index is 1.57. The van der Waals surface area contributed by atoms with E-state index in [0.717, 1.165) is 53.4 Å². The Labute approximate surface area is 241 Å². The van der Waals surface area contributed by atoms with Crippen molar-refractivity contribution in [3.63, 3.8) is 0 Å². The highest BCUT2D eigenvalue weighted by Crippen LogP contribution is 2.47. The number of amides is 2. The lowest BCUT2D eigenvalue weighted by Gasteiger charge is -2.30. The number of fused-ring (bicyclic) bond motifs is 5. The number of methoxy groups -OCH3 is 1. The van der Waals surface area contributed by atoms with Gasteiger partial charge in [-0.05, 0) is 79.1 Å². The highest BCUT2D eigenvalue weighted by Gasteiger charge is 2.32. The molecule has 2 amide bonds. The molecule has 1 saturated heterocycles. The van der Waals surface area contributed by atoms with Gasteiger partial charge in [-0.1, -0.05) is 25.3 Å². The maximum absolute atomic E-state index is 13.9. The molecule has 1 unspecified atom stereocenters. The van der Waals surface area contributed by atoms with E-state index in [2.05, 4.69) is 4.57 Å². The number of aromatic nitrogens is 1. The number of carbonyl (C=O) groups excluding carboxylic acids is 2. The first kappa shape index (κ1) is 27.7. The lowest BCUT2D eigenvalue weighted by atomic mass is 9.81. The number of benzene rings is 2. The Bertz CT molecular complexity index is 1560. The number of rotatable bonds is 5. The number of hydrogen-bond acceptors (Lipinski definition) is 6. The lowest BCUT2D eigenvalue weighted by molar-refractivity contribution is -0.129. The van der Waals surface area contributed by atoms with Crippen LogP contribution in [0.4, 0.5) is 0 Å². The van der Waals surface area contributed by atoms with Gasteiger partial charge in [0.1, 0.15) is 5.75 Å². The van der Waals surface area contributed by atoms with E-state index in [4.69, 9.17) is 4.74 Å². The van der Waals surface area contributed by atoms with Crippen molar-refractivity contribution in [2.24, 2.45) is 0 Å². The largest absolute Gasteiger partial charge is 0.755 e. The average Bonchev–Trinajstić information content (AvgIpc) is 3.19. The minimum Gasteiger partial charge on any atom is -0.755 e. The van der Waals surface area contributed by atoms with Crippen LogP contribution in [0.25, 0.3) is 28.2 Å². The molecule has 2 N–H and O–H groups in total. The molecule has 6 rings (SSSR count). The summed E-state index contributed by atoms with van der Waals surface area (Å²) in [5.74, 6) is 0.246. The summed E-state index contributed by atoms with van der Waals surface area (Å²) in [4.78, 5) is 28.4. The van der Waals surface area contributed by atoms with Crippen molar-refractivity contribution in [2.45, 2.75) is 63.5 Å². The van der Waals surface area contributed by atoms with E-state index in [0.29, 0.717) is 49.7 Å². The molecule has 0 spiro atoms. The molecule has 9 nitrogen and oxygen atoms in total. The Morgan fingerprint density at radius 2 is 1.80 bits per heavy atom. The predicted molar refractivity (Wildman–Crippen MR) is 156 cm³/mol. The second-order valence-corrected chi connectivity index (χ2v) is 11.9. The van der Waals surface area contributed by atoms with E-state index in [1.54, 1.807) is 24.1 Å². The Morgan fingerprint density at radius 1 is 1.05 bits per heavy atom. The van der Waals surface area contributed by atoms with E-state index in [-0.39, 0.29) is 11.5 Å². The Morgan fingerprint density at radius 3 is 2.51 bits per heavy atom. The smallest absolute Gasteiger partial charge is 0.262 e. The number of hydrogen-bond donors (Lipinski definition) is 2. The van der Waals surface area contributed by atoms with Crippen LogP contribution in [0.5, 0.6) is 5.75 Å². The van der Waals surface area contributed by atoms with Crippen LogP contribution < -0.4 is 9.46 Å². The van der Waals surface area contributed by atoms with Gasteiger partial charge < -0.3 is 23.9 Å². The van der Waals surface area contributed by atoms with Gasteiger partial charge in [-0.3, -0.25) is 18.5 Å². The normalized spacial score (nSPS) is 18.7. The number of piperidine rings is 1. The molecule has 0 radical (unpaired) electrons. The van der Waals surface area contributed by atoms with Gasteiger partial charge in [0.05, 0.1) is 25.5 Å². The van der Waals surface area contributed by atoms with Gasteiger partial charge >= 0.3 is 0 Å². The zero-order valence-corrected chi connectivity index (χ0v) is 23.9. The third-order valence-corrected chi connectivity index (χ3v) is 9.11. The molecule has 1 atom stereocenters. The molecule has 1 aromatic heterocycles. The topological polar surface area (TPSA) is 124 Å². The van der Waals surface area contributed by atoms with Crippen LogP contribution in [-0.4, -0.2) is 61.5 Å².